The molecule has 2 rings (SSSR count). The molecule has 86 valence electrons. The van der Waals surface area contributed by atoms with E-state index in [1.807, 2.05) is 0 Å². The van der Waals surface area contributed by atoms with Crippen LogP contribution >= 0.6 is 0 Å². The molecule has 0 aliphatic heterocycles. The molecule has 0 bridgehead atoms. The fourth-order valence-electron chi connectivity index (χ4n) is 1.29. The molecule has 3 N–H and O–H groups in total. The van der Waals surface area contributed by atoms with Crippen LogP contribution in [0.1, 0.15) is 16.1 Å². The Morgan fingerprint density at radius 1 is 1.35 bits per heavy atom. The molecule has 0 fully saturated rings. The van der Waals surface area contributed by atoms with Crippen molar-refractivity contribution in [1.29, 1.82) is 0 Å². The number of aromatic nitrogens is 3. The minimum Gasteiger partial charge on any atom is -0.384 e. The minimum absolute atomic E-state index is 0.218. The van der Waals surface area contributed by atoms with Crippen LogP contribution in [0.25, 0.3) is 0 Å². The highest BCUT2D eigenvalue weighted by Gasteiger charge is 2.05. The molecule has 0 aromatic carbocycles. The third-order valence-corrected chi connectivity index (χ3v) is 2.10. The van der Waals surface area contributed by atoms with Gasteiger partial charge in [0.15, 0.2) is 0 Å². The van der Waals surface area contributed by atoms with Crippen LogP contribution in [0.2, 0.25) is 0 Å². The van der Waals surface area contributed by atoms with Crippen LogP contribution in [0.15, 0.2) is 36.7 Å². The second-order valence-corrected chi connectivity index (χ2v) is 3.37. The van der Waals surface area contributed by atoms with Gasteiger partial charge in [-0.1, -0.05) is 0 Å². The van der Waals surface area contributed by atoms with E-state index in [1.54, 1.807) is 24.4 Å². The van der Waals surface area contributed by atoms with Crippen LogP contribution < -0.4 is 11.1 Å². The van der Waals surface area contributed by atoms with E-state index in [-0.39, 0.29) is 5.91 Å². The summed E-state index contributed by atoms with van der Waals surface area (Å²) in [6.07, 6.45) is 3.07. The summed E-state index contributed by atoms with van der Waals surface area (Å²) in [5, 5.41) is 10.3. The number of hydrogen-bond acceptors (Lipinski definition) is 5. The first kappa shape index (κ1) is 11.0. The molecular weight excluding hydrogens is 218 g/mol. The molecule has 0 aliphatic carbocycles. The molecule has 6 heteroatoms. The number of amides is 1. The van der Waals surface area contributed by atoms with E-state index >= 15 is 0 Å². The summed E-state index contributed by atoms with van der Waals surface area (Å²) in [5.74, 6) is 0.0990. The summed E-state index contributed by atoms with van der Waals surface area (Å²) >= 11 is 0. The predicted octanol–water partition coefficient (Wildman–Crippen LogP) is 0.384. The molecule has 6 nitrogen and oxygen atoms in total. The van der Waals surface area contributed by atoms with Gasteiger partial charge in [0.25, 0.3) is 5.91 Å². The minimum atomic E-state index is -0.218. The van der Waals surface area contributed by atoms with Crippen LogP contribution in [0.4, 0.5) is 5.82 Å². The highest BCUT2D eigenvalue weighted by atomic mass is 16.1. The molecular formula is C11H11N5O. The third kappa shape index (κ3) is 2.97. The van der Waals surface area contributed by atoms with Crippen molar-refractivity contribution < 1.29 is 4.79 Å². The lowest BCUT2D eigenvalue weighted by atomic mass is 10.2. The molecule has 0 radical (unpaired) electrons. The number of hydrogen-bond donors (Lipinski definition) is 2. The van der Waals surface area contributed by atoms with Gasteiger partial charge in [0, 0.05) is 18.0 Å². The van der Waals surface area contributed by atoms with Gasteiger partial charge in [-0.25, -0.2) is 4.98 Å². The van der Waals surface area contributed by atoms with Crippen molar-refractivity contribution in [1.82, 2.24) is 20.5 Å². The quantitative estimate of drug-likeness (QED) is 0.793. The molecule has 0 saturated carbocycles. The number of rotatable bonds is 3. The zero-order valence-corrected chi connectivity index (χ0v) is 9.00. The second-order valence-electron chi connectivity index (χ2n) is 3.37. The Morgan fingerprint density at radius 2 is 2.24 bits per heavy atom. The van der Waals surface area contributed by atoms with E-state index in [1.165, 1.54) is 12.3 Å². The number of anilines is 1. The fraction of sp³-hybridized carbons (Fsp3) is 0.0909. The van der Waals surface area contributed by atoms with Crippen LogP contribution in [-0.4, -0.2) is 21.1 Å². The molecule has 0 aliphatic rings. The lowest BCUT2D eigenvalue weighted by molar-refractivity contribution is 0.0950. The van der Waals surface area contributed by atoms with Crippen molar-refractivity contribution in [3.8, 4) is 0 Å². The number of nitrogens with two attached hydrogens (primary N) is 1. The Labute approximate surface area is 97.9 Å². The van der Waals surface area contributed by atoms with Crippen molar-refractivity contribution in [3.05, 3.63) is 47.9 Å². The Morgan fingerprint density at radius 3 is 2.94 bits per heavy atom. The Kier molecular flexibility index (Phi) is 3.25. The number of nitrogens with one attached hydrogen (secondary N) is 1. The topological polar surface area (TPSA) is 93.8 Å². The van der Waals surface area contributed by atoms with E-state index < -0.39 is 0 Å². The molecule has 1 amide bonds. The average molecular weight is 229 g/mol. The van der Waals surface area contributed by atoms with Gasteiger partial charge >= 0.3 is 0 Å². The van der Waals surface area contributed by atoms with E-state index in [0.29, 0.717) is 23.6 Å². The molecule has 2 aromatic rings. The first-order valence-electron chi connectivity index (χ1n) is 5.02. The van der Waals surface area contributed by atoms with Crippen molar-refractivity contribution >= 4 is 11.7 Å². The molecule has 17 heavy (non-hydrogen) atoms. The van der Waals surface area contributed by atoms with Crippen molar-refractivity contribution in [2.45, 2.75) is 6.54 Å². The Balaban J connectivity index is 1.98. The lowest BCUT2D eigenvalue weighted by Crippen LogP contribution is -2.23. The maximum absolute atomic E-state index is 11.7. The molecule has 0 saturated heterocycles. The van der Waals surface area contributed by atoms with Gasteiger partial charge in [-0.05, 0) is 24.3 Å². The van der Waals surface area contributed by atoms with E-state index in [0.717, 1.165) is 0 Å². The smallest absolute Gasteiger partial charge is 0.251 e. The zero-order chi connectivity index (χ0) is 12.1. The van der Waals surface area contributed by atoms with Gasteiger partial charge in [0.05, 0.1) is 12.2 Å². The van der Waals surface area contributed by atoms with Gasteiger partial charge in [0.1, 0.15) is 5.82 Å². The number of pyridine rings is 1. The summed E-state index contributed by atoms with van der Waals surface area (Å²) in [7, 11) is 0. The van der Waals surface area contributed by atoms with E-state index in [4.69, 9.17) is 5.73 Å². The number of nitrogens with zero attached hydrogens (tertiary/aromatic N) is 3. The Bertz CT molecular complexity index is 514. The van der Waals surface area contributed by atoms with Crippen molar-refractivity contribution in [3.63, 3.8) is 0 Å². The molecule has 2 aromatic heterocycles. The van der Waals surface area contributed by atoms with Crippen LogP contribution in [0.5, 0.6) is 0 Å². The number of carbonyl (C=O) groups excluding carboxylic acids is 1. The second kappa shape index (κ2) is 5.02. The Hall–Kier alpha value is -2.50. The van der Waals surface area contributed by atoms with E-state index in [2.05, 4.69) is 20.5 Å². The van der Waals surface area contributed by atoms with Gasteiger partial charge in [-0.15, -0.1) is 0 Å². The first-order chi connectivity index (χ1) is 8.25. The number of nitrogen functional groups attached to an aromatic ring is 1. The summed E-state index contributed by atoms with van der Waals surface area (Å²) in [4.78, 5) is 15.5. The normalized spacial score (nSPS) is 9.88. The zero-order valence-electron chi connectivity index (χ0n) is 9.00. The van der Waals surface area contributed by atoms with Crippen LogP contribution in [-0.2, 0) is 6.54 Å². The first-order valence-corrected chi connectivity index (χ1v) is 5.02. The molecule has 0 unspecified atom stereocenters. The maximum atomic E-state index is 11.7. The number of carbonyl (C=O) groups is 1. The highest BCUT2D eigenvalue weighted by Crippen LogP contribution is 2.03. The SMILES string of the molecule is Nc1cc(C(=O)NCc2cccnn2)ccn1. The lowest BCUT2D eigenvalue weighted by Gasteiger charge is -2.04. The van der Waals surface area contributed by atoms with Crippen LogP contribution in [0.3, 0.4) is 0 Å². The summed E-state index contributed by atoms with van der Waals surface area (Å²) < 4.78 is 0. The fourth-order valence-corrected chi connectivity index (χ4v) is 1.29. The maximum Gasteiger partial charge on any atom is 0.251 e. The molecule has 0 atom stereocenters. The van der Waals surface area contributed by atoms with Gasteiger partial charge < -0.3 is 11.1 Å². The monoisotopic (exact) mass is 229 g/mol. The average Bonchev–Trinajstić information content (AvgIpc) is 2.37. The summed E-state index contributed by atoms with van der Waals surface area (Å²) in [6.45, 7) is 0.328. The van der Waals surface area contributed by atoms with Gasteiger partial charge in [0.2, 0.25) is 0 Å². The van der Waals surface area contributed by atoms with Gasteiger partial charge in [-0.3, -0.25) is 4.79 Å². The largest absolute Gasteiger partial charge is 0.384 e. The van der Waals surface area contributed by atoms with Crippen molar-refractivity contribution in [2.75, 3.05) is 5.73 Å². The summed E-state index contributed by atoms with van der Waals surface area (Å²) in [5.41, 5.74) is 6.66. The van der Waals surface area contributed by atoms with Crippen molar-refractivity contribution in [2.24, 2.45) is 0 Å². The standard InChI is InChI=1S/C11H11N5O/c12-10-6-8(3-5-13-10)11(17)14-7-9-2-1-4-15-16-9/h1-6H,7H2,(H2,12,13)(H,14,17). The summed E-state index contributed by atoms with van der Waals surface area (Å²) in [6, 6.07) is 6.67. The van der Waals surface area contributed by atoms with E-state index in [9.17, 15) is 4.79 Å². The van der Waals surface area contributed by atoms with Crippen LogP contribution in [0, 0.1) is 0 Å². The molecule has 2 heterocycles. The molecule has 0 spiro atoms. The predicted molar refractivity (Wildman–Crippen MR) is 61.9 cm³/mol. The van der Waals surface area contributed by atoms with Gasteiger partial charge in [-0.2, -0.15) is 10.2 Å². The third-order valence-electron chi connectivity index (χ3n) is 2.10. The highest BCUT2D eigenvalue weighted by molar-refractivity contribution is 5.94.